The van der Waals surface area contributed by atoms with Crippen molar-refractivity contribution in [2.45, 2.75) is 38.8 Å². The van der Waals surface area contributed by atoms with Crippen molar-refractivity contribution in [3.8, 4) is 0 Å². The molecule has 0 radical (unpaired) electrons. The summed E-state index contributed by atoms with van der Waals surface area (Å²) >= 11 is 6.22. The highest BCUT2D eigenvalue weighted by Gasteiger charge is 2.39. The Morgan fingerprint density at radius 2 is 1.78 bits per heavy atom. The number of likely N-dealkylation sites (tertiary alicyclic amines) is 2. The molecule has 1 aromatic carbocycles. The smallest absolute Gasteiger partial charge is 0.354 e. The van der Waals surface area contributed by atoms with E-state index in [0.29, 0.717) is 50.6 Å². The Balaban J connectivity index is 1.47. The number of hydrogen-bond acceptors (Lipinski definition) is 5. The van der Waals surface area contributed by atoms with Crippen molar-refractivity contribution in [3.63, 3.8) is 0 Å². The molecule has 2 aromatic rings. The Kier molecular flexibility index (Phi) is 7.73. The molecular formula is C25H29ClF3N5O2. The van der Waals surface area contributed by atoms with Crippen molar-refractivity contribution in [1.29, 1.82) is 0 Å². The zero-order valence-electron chi connectivity index (χ0n) is 20.2. The van der Waals surface area contributed by atoms with E-state index < -0.39 is 11.7 Å². The summed E-state index contributed by atoms with van der Waals surface area (Å²) in [6, 6.07) is 5.83. The average Bonchev–Trinajstić information content (AvgIpc) is 3.28. The lowest BCUT2D eigenvalue weighted by Gasteiger charge is -2.32. The fourth-order valence-electron chi connectivity index (χ4n) is 5.02. The van der Waals surface area contributed by atoms with Crippen LogP contribution in [0.2, 0.25) is 5.02 Å². The predicted molar refractivity (Wildman–Crippen MR) is 130 cm³/mol. The maximum atomic E-state index is 13.4. The van der Waals surface area contributed by atoms with E-state index in [4.69, 9.17) is 11.6 Å². The second kappa shape index (κ2) is 10.6. The van der Waals surface area contributed by atoms with E-state index in [-0.39, 0.29) is 35.5 Å². The standard InChI is InChI=1S/C25H29ClF3N5O2/c1-15-9-18(3-4-22(15)26)21-14-34(23(36)17-5-7-33(8-6-17)16(2)35)13-19(21)10-30-24-31-11-20(12-32-24)25(27,28)29/h3-4,9,11-12,17,19,21H,5-8,10,13-14H2,1-2H3,(H,30,31,32). The second-order valence-electron chi connectivity index (χ2n) is 9.57. The van der Waals surface area contributed by atoms with Crippen LogP contribution >= 0.6 is 11.6 Å². The Hall–Kier alpha value is -2.88. The van der Waals surface area contributed by atoms with Crippen LogP contribution in [0.25, 0.3) is 0 Å². The maximum Gasteiger partial charge on any atom is 0.419 e. The van der Waals surface area contributed by atoms with Crippen LogP contribution in [-0.4, -0.2) is 64.3 Å². The van der Waals surface area contributed by atoms with Crippen LogP contribution in [-0.2, 0) is 15.8 Å². The van der Waals surface area contributed by atoms with Gasteiger partial charge in [-0.3, -0.25) is 9.59 Å². The largest absolute Gasteiger partial charge is 0.419 e. The lowest BCUT2D eigenvalue weighted by Crippen LogP contribution is -2.43. The molecule has 11 heteroatoms. The quantitative estimate of drug-likeness (QED) is 0.629. The van der Waals surface area contributed by atoms with Crippen molar-refractivity contribution in [2.24, 2.45) is 11.8 Å². The lowest BCUT2D eigenvalue weighted by molar-refractivity contribution is -0.139. The number of rotatable bonds is 5. The number of amides is 2. The third kappa shape index (κ3) is 5.91. The first-order valence-electron chi connectivity index (χ1n) is 12.0. The molecule has 2 aliphatic heterocycles. The Bertz CT molecular complexity index is 1100. The topological polar surface area (TPSA) is 78.4 Å². The van der Waals surface area contributed by atoms with E-state index in [1.807, 2.05) is 30.0 Å². The number of alkyl halides is 3. The molecule has 2 amide bonds. The number of carbonyl (C=O) groups excluding carboxylic acids is 2. The fourth-order valence-corrected chi connectivity index (χ4v) is 5.14. The van der Waals surface area contributed by atoms with Gasteiger partial charge < -0.3 is 15.1 Å². The molecule has 0 spiro atoms. The predicted octanol–water partition coefficient (Wildman–Crippen LogP) is 4.37. The summed E-state index contributed by atoms with van der Waals surface area (Å²) in [4.78, 5) is 36.3. The van der Waals surface area contributed by atoms with E-state index in [0.717, 1.165) is 23.5 Å². The number of nitrogens with one attached hydrogen (secondary N) is 1. The van der Waals surface area contributed by atoms with E-state index in [2.05, 4.69) is 15.3 Å². The monoisotopic (exact) mass is 523 g/mol. The minimum Gasteiger partial charge on any atom is -0.354 e. The molecule has 2 saturated heterocycles. The molecule has 2 unspecified atom stereocenters. The van der Waals surface area contributed by atoms with Gasteiger partial charge in [-0.15, -0.1) is 0 Å². The molecule has 0 aliphatic carbocycles. The first-order chi connectivity index (χ1) is 17.0. The third-order valence-corrected chi connectivity index (χ3v) is 7.58. The molecule has 0 bridgehead atoms. The molecule has 194 valence electrons. The zero-order chi connectivity index (χ0) is 26.0. The van der Waals surface area contributed by atoms with Crippen LogP contribution in [0.5, 0.6) is 0 Å². The summed E-state index contributed by atoms with van der Waals surface area (Å²) in [5.41, 5.74) is 1.09. The van der Waals surface area contributed by atoms with Gasteiger partial charge in [-0.2, -0.15) is 13.2 Å². The molecule has 3 heterocycles. The molecular weight excluding hydrogens is 495 g/mol. The number of carbonyl (C=O) groups is 2. The first kappa shape index (κ1) is 26.2. The molecule has 2 fully saturated rings. The van der Waals surface area contributed by atoms with Gasteiger partial charge in [0.2, 0.25) is 17.8 Å². The summed E-state index contributed by atoms with van der Waals surface area (Å²) in [5.74, 6) is 0.106. The molecule has 1 N–H and O–H groups in total. The molecule has 2 aliphatic rings. The van der Waals surface area contributed by atoms with Gasteiger partial charge in [-0.25, -0.2) is 9.97 Å². The van der Waals surface area contributed by atoms with Crippen molar-refractivity contribution >= 4 is 29.4 Å². The van der Waals surface area contributed by atoms with E-state index in [1.54, 1.807) is 11.8 Å². The van der Waals surface area contributed by atoms with Gasteiger partial charge in [0.1, 0.15) is 0 Å². The lowest BCUT2D eigenvalue weighted by atomic mass is 9.88. The van der Waals surface area contributed by atoms with Gasteiger partial charge in [0.05, 0.1) is 5.56 Å². The first-order valence-corrected chi connectivity index (χ1v) is 12.3. The molecule has 4 rings (SSSR count). The Morgan fingerprint density at radius 3 is 2.36 bits per heavy atom. The van der Waals surface area contributed by atoms with Crippen molar-refractivity contribution < 1.29 is 22.8 Å². The van der Waals surface area contributed by atoms with Gasteiger partial charge in [0, 0.05) is 74.8 Å². The van der Waals surface area contributed by atoms with Crippen LogP contribution in [0.4, 0.5) is 19.1 Å². The normalized spacial score (nSPS) is 21.1. The summed E-state index contributed by atoms with van der Waals surface area (Å²) in [7, 11) is 0. The van der Waals surface area contributed by atoms with Crippen LogP contribution in [0, 0.1) is 18.8 Å². The minimum absolute atomic E-state index is 0.00210. The van der Waals surface area contributed by atoms with Crippen LogP contribution in [0.1, 0.15) is 42.4 Å². The van der Waals surface area contributed by atoms with E-state index in [1.165, 1.54) is 0 Å². The molecule has 0 saturated carbocycles. The number of hydrogen-bond donors (Lipinski definition) is 1. The molecule has 7 nitrogen and oxygen atoms in total. The number of aryl methyl sites for hydroxylation is 1. The Labute approximate surface area is 213 Å². The molecule has 2 atom stereocenters. The average molecular weight is 524 g/mol. The van der Waals surface area contributed by atoms with Gasteiger partial charge >= 0.3 is 6.18 Å². The SMILES string of the molecule is CC(=O)N1CCC(C(=O)N2CC(CNc3ncc(C(F)(F)F)cn3)C(c3ccc(Cl)c(C)c3)C2)CC1. The van der Waals surface area contributed by atoms with Gasteiger partial charge in [0.25, 0.3) is 0 Å². The third-order valence-electron chi connectivity index (χ3n) is 7.15. The van der Waals surface area contributed by atoms with E-state index in [9.17, 15) is 22.8 Å². The molecule has 36 heavy (non-hydrogen) atoms. The number of piperidine rings is 1. The number of benzene rings is 1. The maximum absolute atomic E-state index is 13.4. The highest BCUT2D eigenvalue weighted by molar-refractivity contribution is 6.31. The number of halogens is 4. The van der Waals surface area contributed by atoms with Crippen molar-refractivity contribution in [1.82, 2.24) is 19.8 Å². The van der Waals surface area contributed by atoms with Crippen molar-refractivity contribution in [3.05, 3.63) is 52.3 Å². The van der Waals surface area contributed by atoms with Crippen molar-refractivity contribution in [2.75, 3.05) is 38.0 Å². The van der Waals surface area contributed by atoms with Gasteiger partial charge in [-0.05, 0) is 37.0 Å². The summed E-state index contributed by atoms with van der Waals surface area (Å²) in [6.07, 6.45) is -1.70. The second-order valence-corrected chi connectivity index (χ2v) is 9.98. The number of nitrogens with zero attached hydrogens (tertiary/aromatic N) is 4. The summed E-state index contributed by atoms with van der Waals surface area (Å²) in [5, 5.41) is 3.71. The van der Waals surface area contributed by atoms with Gasteiger partial charge in [-0.1, -0.05) is 23.7 Å². The van der Waals surface area contributed by atoms with Crippen LogP contribution in [0.15, 0.2) is 30.6 Å². The highest BCUT2D eigenvalue weighted by atomic mass is 35.5. The Morgan fingerprint density at radius 1 is 1.11 bits per heavy atom. The van der Waals surface area contributed by atoms with E-state index >= 15 is 0 Å². The zero-order valence-corrected chi connectivity index (χ0v) is 20.9. The summed E-state index contributed by atoms with van der Waals surface area (Å²) in [6.45, 7) is 6.06. The van der Waals surface area contributed by atoms with Crippen LogP contribution < -0.4 is 5.32 Å². The number of aromatic nitrogens is 2. The highest BCUT2D eigenvalue weighted by Crippen LogP contribution is 2.36. The van der Waals surface area contributed by atoms with Gasteiger partial charge in [0.15, 0.2) is 0 Å². The van der Waals surface area contributed by atoms with Crippen LogP contribution in [0.3, 0.4) is 0 Å². The minimum atomic E-state index is -4.50. The molecule has 1 aromatic heterocycles. The fraction of sp³-hybridized carbons (Fsp3) is 0.520. The number of anilines is 1. The summed E-state index contributed by atoms with van der Waals surface area (Å²) < 4.78 is 38.5.